The monoisotopic (exact) mass is 281 g/mol. The number of ether oxygens (including phenoxy) is 3. The van der Waals surface area contributed by atoms with Crippen LogP contribution >= 0.6 is 0 Å². The van der Waals surface area contributed by atoms with E-state index in [2.05, 4.69) is 4.99 Å². The molecule has 1 rings (SSSR count). The average molecular weight is 281 g/mol. The maximum absolute atomic E-state index is 11.4. The highest BCUT2D eigenvalue weighted by Gasteiger charge is 2.33. The van der Waals surface area contributed by atoms with Crippen LogP contribution in [0.15, 0.2) is 29.0 Å². The van der Waals surface area contributed by atoms with E-state index in [1.54, 1.807) is 27.7 Å². The van der Waals surface area contributed by atoms with Gasteiger partial charge < -0.3 is 14.2 Å². The number of hydrogen-bond acceptors (Lipinski definition) is 6. The van der Waals surface area contributed by atoms with Crippen LogP contribution in [0.2, 0.25) is 0 Å². The number of carbonyl (C=O) groups excluding carboxylic acids is 2. The van der Waals surface area contributed by atoms with Crippen LogP contribution in [0.5, 0.6) is 0 Å². The lowest BCUT2D eigenvalue weighted by molar-refractivity contribution is -0.138. The van der Waals surface area contributed by atoms with Gasteiger partial charge in [-0.1, -0.05) is 0 Å². The quantitative estimate of drug-likeness (QED) is 0.567. The van der Waals surface area contributed by atoms with E-state index in [0.717, 1.165) is 0 Å². The van der Waals surface area contributed by atoms with Crippen LogP contribution in [0.3, 0.4) is 0 Å². The summed E-state index contributed by atoms with van der Waals surface area (Å²) in [6.07, 6.45) is 3.90. The zero-order chi connectivity index (χ0) is 15.2. The summed E-state index contributed by atoms with van der Waals surface area (Å²) >= 11 is 0. The van der Waals surface area contributed by atoms with Gasteiger partial charge >= 0.3 is 11.9 Å². The molecule has 0 aromatic heterocycles. The van der Waals surface area contributed by atoms with Crippen molar-refractivity contribution in [3.05, 3.63) is 24.0 Å². The normalized spacial score (nSPS) is 18.8. The zero-order valence-corrected chi connectivity index (χ0v) is 12.1. The van der Waals surface area contributed by atoms with Crippen LogP contribution in [0, 0.1) is 0 Å². The summed E-state index contributed by atoms with van der Waals surface area (Å²) in [4.78, 5) is 26.9. The van der Waals surface area contributed by atoms with Gasteiger partial charge in [0.15, 0.2) is 0 Å². The van der Waals surface area contributed by atoms with Crippen LogP contribution in [0.25, 0.3) is 0 Å². The number of aliphatic imine (C=N–C) groups is 1. The summed E-state index contributed by atoms with van der Waals surface area (Å²) in [6.45, 7) is 7.63. The average Bonchev–Trinajstić information content (AvgIpc) is 2.62. The van der Waals surface area contributed by atoms with Gasteiger partial charge in [-0.25, -0.2) is 14.6 Å². The molecule has 110 valence electrons. The molecule has 0 aromatic rings. The third kappa shape index (κ3) is 4.53. The minimum Gasteiger partial charge on any atom is -0.463 e. The van der Waals surface area contributed by atoms with E-state index >= 15 is 0 Å². The molecule has 0 radical (unpaired) electrons. The first-order valence-electron chi connectivity index (χ1n) is 6.40. The third-order valence-electron chi connectivity index (χ3n) is 2.39. The predicted molar refractivity (Wildman–Crippen MR) is 73.1 cm³/mol. The first-order chi connectivity index (χ1) is 9.39. The summed E-state index contributed by atoms with van der Waals surface area (Å²) in [5, 5.41) is 0. The van der Waals surface area contributed by atoms with Crippen molar-refractivity contribution in [3.8, 4) is 0 Å². The van der Waals surface area contributed by atoms with Crippen LogP contribution < -0.4 is 0 Å². The topological polar surface area (TPSA) is 74.2 Å². The molecule has 0 aromatic carbocycles. The number of rotatable bonds is 5. The summed E-state index contributed by atoms with van der Waals surface area (Å²) < 4.78 is 15.0. The van der Waals surface area contributed by atoms with E-state index in [4.69, 9.17) is 14.2 Å². The fourth-order valence-corrected chi connectivity index (χ4v) is 1.49. The Bertz CT molecular complexity index is 474. The summed E-state index contributed by atoms with van der Waals surface area (Å²) in [7, 11) is 0. The molecule has 0 fully saturated rings. The van der Waals surface area contributed by atoms with Crippen LogP contribution in [0.4, 0.5) is 0 Å². The molecule has 0 aliphatic carbocycles. The van der Waals surface area contributed by atoms with E-state index in [-0.39, 0.29) is 5.90 Å². The van der Waals surface area contributed by atoms with Crippen molar-refractivity contribution in [1.29, 1.82) is 0 Å². The van der Waals surface area contributed by atoms with Crippen molar-refractivity contribution < 1.29 is 23.8 Å². The Morgan fingerprint density at radius 3 is 2.40 bits per heavy atom. The molecule has 0 saturated heterocycles. The van der Waals surface area contributed by atoms with Gasteiger partial charge in [0, 0.05) is 12.2 Å². The van der Waals surface area contributed by atoms with Crippen molar-refractivity contribution >= 4 is 17.8 Å². The number of esters is 2. The molecule has 0 amide bonds. The Kier molecular flexibility index (Phi) is 5.49. The summed E-state index contributed by atoms with van der Waals surface area (Å²) in [6, 6.07) is 0. The highest BCUT2D eigenvalue weighted by atomic mass is 16.5. The van der Waals surface area contributed by atoms with Gasteiger partial charge in [0.05, 0.1) is 19.3 Å². The van der Waals surface area contributed by atoms with Crippen LogP contribution in [-0.4, -0.2) is 36.6 Å². The summed E-state index contributed by atoms with van der Waals surface area (Å²) in [5.41, 5.74) is -0.679. The minimum atomic E-state index is -0.679. The van der Waals surface area contributed by atoms with E-state index in [0.29, 0.717) is 19.0 Å². The molecular weight excluding hydrogens is 262 g/mol. The Morgan fingerprint density at radius 2 is 1.80 bits per heavy atom. The highest BCUT2D eigenvalue weighted by Crippen LogP contribution is 2.29. The molecule has 1 heterocycles. The van der Waals surface area contributed by atoms with Crippen LogP contribution in [-0.2, 0) is 23.8 Å². The Labute approximate surface area is 118 Å². The second kappa shape index (κ2) is 6.88. The Morgan fingerprint density at radius 1 is 1.20 bits per heavy atom. The molecule has 0 bridgehead atoms. The van der Waals surface area contributed by atoms with E-state index in [1.165, 1.54) is 18.2 Å². The van der Waals surface area contributed by atoms with Gasteiger partial charge in [-0.2, -0.15) is 0 Å². The van der Waals surface area contributed by atoms with E-state index < -0.39 is 17.5 Å². The first kappa shape index (κ1) is 15.9. The fourth-order valence-electron chi connectivity index (χ4n) is 1.49. The SMILES string of the molecule is CCOC(=O)/C=C1\OC(/C=C/C(=O)OCC)=NC1(C)C. The van der Waals surface area contributed by atoms with Crippen molar-refractivity contribution in [2.45, 2.75) is 33.2 Å². The maximum atomic E-state index is 11.4. The highest BCUT2D eigenvalue weighted by molar-refractivity contribution is 5.97. The van der Waals surface area contributed by atoms with E-state index in [9.17, 15) is 9.59 Å². The first-order valence-corrected chi connectivity index (χ1v) is 6.40. The van der Waals surface area contributed by atoms with Crippen molar-refractivity contribution in [2.75, 3.05) is 13.2 Å². The molecule has 0 spiro atoms. The van der Waals surface area contributed by atoms with Gasteiger partial charge in [0.25, 0.3) is 0 Å². The Hall–Kier alpha value is -2.11. The van der Waals surface area contributed by atoms with Crippen LogP contribution in [0.1, 0.15) is 27.7 Å². The molecule has 1 aliphatic rings. The van der Waals surface area contributed by atoms with Crippen molar-refractivity contribution in [2.24, 2.45) is 4.99 Å². The number of nitrogens with zero attached hydrogens (tertiary/aromatic N) is 1. The predicted octanol–water partition coefficient (Wildman–Crippen LogP) is 1.76. The zero-order valence-electron chi connectivity index (χ0n) is 12.1. The van der Waals surface area contributed by atoms with Crippen molar-refractivity contribution in [1.82, 2.24) is 0 Å². The molecule has 0 saturated carbocycles. The number of hydrogen-bond donors (Lipinski definition) is 0. The fraction of sp³-hybridized carbons (Fsp3) is 0.500. The maximum Gasteiger partial charge on any atom is 0.334 e. The lowest BCUT2D eigenvalue weighted by Crippen LogP contribution is -2.17. The molecule has 0 N–H and O–H groups in total. The number of carbonyl (C=O) groups is 2. The van der Waals surface area contributed by atoms with Gasteiger partial charge in [0.1, 0.15) is 11.3 Å². The smallest absolute Gasteiger partial charge is 0.334 e. The molecule has 6 heteroatoms. The van der Waals surface area contributed by atoms with Gasteiger partial charge in [-0.15, -0.1) is 0 Å². The standard InChI is InChI=1S/C14H19NO5/c1-5-18-12(16)8-7-11-15-14(3,4)10(20-11)9-13(17)19-6-2/h7-9H,5-6H2,1-4H3/b8-7+,10-9-. The largest absolute Gasteiger partial charge is 0.463 e. The van der Waals surface area contributed by atoms with E-state index in [1.807, 2.05) is 0 Å². The molecule has 1 aliphatic heterocycles. The second-order valence-corrected chi connectivity index (χ2v) is 4.46. The molecule has 0 atom stereocenters. The second-order valence-electron chi connectivity index (χ2n) is 4.46. The lowest BCUT2D eigenvalue weighted by atomic mass is 10.0. The van der Waals surface area contributed by atoms with Gasteiger partial charge in [-0.3, -0.25) is 0 Å². The molecular formula is C14H19NO5. The molecule has 0 unspecified atom stereocenters. The molecule has 6 nitrogen and oxygen atoms in total. The molecule has 20 heavy (non-hydrogen) atoms. The lowest BCUT2D eigenvalue weighted by Gasteiger charge is -2.13. The summed E-state index contributed by atoms with van der Waals surface area (Å²) in [5.74, 6) is -0.334. The van der Waals surface area contributed by atoms with Gasteiger partial charge in [0.2, 0.25) is 5.90 Å². The third-order valence-corrected chi connectivity index (χ3v) is 2.39. The van der Waals surface area contributed by atoms with Gasteiger partial charge in [-0.05, 0) is 27.7 Å². The Balaban J connectivity index is 2.76. The minimum absolute atomic E-state index is 0.249. The van der Waals surface area contributed by atoms with Crippen molar-refractivity contribution in [3.63, 3.8) is 0 Å².